The number of phenols is 1. The van der Waals surface area contributed by atoms with Gasteiger partial charge >= 0.3 is 10.2 Å². The first kappa shape index (κ1) is 19.6. The number of aromatic nitrogens is 1. The van der Waals surface area contributed by atoms with E-state index in [9.17, 15) is 26.7 Å². The maximum absolute atomic E-state index is 15.1. The van der Waals surface area contributed by atoms with E-state index in [0.29, 0.717) is 4.31 Å². The van der Waals surface area contributed by atoms with Crippen LogP contribution in [0.25, 0.3) is 10.9 Å². The van der Waals surface area contributed by atoms with Gasteiger partial charge in [0.2, 0.25) is 10.0 Å². The number of benzene rings is 1. The van der Waals surface area contributed by atoms with E-state index < -0.39 is 49.9 Å². The molecule has 0 bridgehead atoms. The molecule has 4 rings (SSSR count). The number of hydrogen-bond donors (Lipinski definition) is 3. The second-order valence-corrected chi connectivity index (χ2v) is 10.4. The summed E-state index contributed by atoms with van der Waals surface area (Å²) >= 11 is 0. The zero-order chi connectivity index (χ0) is 21.1. The molecule has 2 aliphatic rings. The second-order valence-electron chi connectivity index (χ2n) is 6.78. The van der Waals surface area contributed by atoms with Crippen molar-refractivity contribution in [2.75, 3.05) is 35.5 Å². The third kappa shape index (κ3) is 3.42. The first-order valence-corrected chi connectivity index (χ1v) is 11.6. The number of amides is 1. The van der Waals surface area contributed by atoms with Gasteiger partial charge in [-0.2, -0.15) is 12.7 Å². The van der Waals surface area contributed by atoms with E-state index in [1.54, 1.807) is 4.72 Å². The van der Waals surface area contributed by atoms with Gasteiger partial charge in [0.25, 0.3) is 5.91 Å². The molecule has 29 heavy (non-hydrogen) atoms. The van der Waals surface area contributed by atoms with Crippen molar-refractivity contribution in [3.63, 3.8) is 0 Å². The number of rotatable bonds is 4. The molecule has 2 aromatic rings. The topological polar surface area (TPSA) is 149 Å². The van der Waals surface area contributed by atoms with E-state index >= 15 is 4.39 Å². The molecule has 0 radical (unpaired) electrons. The summed E-state index contributed by atoms with van der Waals surface area (Å²) in [7, 11) is -7.60. The standard InChI is InChI=1S/C15H16FN5O6S2/c1-28(24,25)20-5-9(6-20)17-11-3-2-8-4-10(22)15(13(16)14(8)18-11)21-7-12(23)19-29(21,26)27/h2-4,9,22H,5-7H2,1H3,(H,17,18)(H,19,23). The third-order valence-electron chi connectivity index (χ3n) is 4.62. The summed E-state index contributed by atoms with van der Waals surface area (Å²) in [6, 6.07) is 3.95. The molecule has 1 aromatic carbocycles. The predicted molar refractivity (Wildman–Crippen MR) is 102 cm³/mol. The van der Waals surface area contributed by atoms with Crippen LogP contribution in [0.15, 0.2) is 18.2 Å². The SMILES string of the molecule is CS(=O)(=O)N1CC(Nc2ccc3cc(O)c(N4CC(=O)NS4(=O)=O)c(F)c3n2)C1. The summed E-state index contributed by atoms with van der Waals surface area (Å²) in [5.41, 5.74) is -0.885. The van der Waals surface area contributed by atoms with Crippen molar-refractivity contribution in [1.82, 2.24) is 14.0 Å². The van der Waals surface area contributed by atoms with Crippen molar-refractivity contribution in [1.29, 1.82) is 0 Å². The van der Waals surface area contributed by atoms with Gasteiger partial charge in [0.1, 0.15) is 29.3 Å². The molecule has 3 heterocycles. The number of sulfonamides is 1. The van der Waals surface area contributed by atoms with E-state index in [0.717, 1.165) is 12.3 Å². The number of aromatic hydroxyl groups is 1. The number of halogens is 1. The van der Waals surface area contributed by atoms with E-state index in [2.05, 4.69) is 10.3 Å². The predicted octanol–water partition coefficient (Wildman–Crippen LogP) is -0.684. The van der Waals surface area contributed by atoms with E-state index in [4.69, 9.17) is 0 Å². The quantitative estimate of drug-likeness (QED) is 0.560. The van der Waals surface area contributed by atoms with Crippen LogP contribution in [0.2, 0.25) is 0 Å². The molecular formula is C15H16FN5O6S2. The molecule has 2 fully saturated rings. The Hall–Kier alpha value is -2.71. The molecular weight excluding hydrogens is 429 g/mol. The van der Waals surface area contributed by atoms with Crippen LogP contribution >= 0.6 is 0 Å². The fourth-order valence-corrected chi connectivity index (χ4v) is 5.24. The Kier molecular flexibility index (Phi) is 4.32. The van der Waals surface area contributed by atoms with Crippen LogP contribution < -0.4 is 14.3 Å². The Labute approximate surface area is 165 Å². The number of carbonyl (C=O) groups is 1. The molecule has 0 spiro atoms. The number of phenolic OH excluding ortho intramolecular Hbond substituents is 1. The van der Waals surface area contributed by atoms with Gasteiger partial charge in [-0.25, -0.2) is 26.8 Å². The van der Waals surface area contributed by atoms with Gasteiger partial charge in [0.15, 0.2) is 5.82 Å². The number of nitrogens with zero attached hydrogens (tertiary/aromatic N) is 3. The minimum absolute atomic E-state index is 0.211. The van der Waals surface area contributed by atoms with Gasteiger partial charge in [-0.15, -0.1) is 0 Å². The highest BCUT2D eigenvalue weighted by molar-refractivity contribution is 7.92. The summed E-state index contributed by atoms with van der Waals surface area (Å²) < 4.78 is 65.4. The van der Waals surface area contributed by atoms with Crippen molar-refractivity contribution in [3.8, 4) is 5.75 Å². The van der Waals surface area contributed by atoms with Crippen molar-refractivity contribution >= 4 is 48.5 Å². The van der Waals surface area contributed by atoms with Crippen molar-refractivity contribution in [3.05, 3.63) is 24.0 Å². The molecule has 2 aliphatic heterocycles. The fraction of sp³-hybridized carbons (Fsp3) is 0.333. The normalized spacial score (nSPS) is 19.9. The number of carbonyl (C=O) groups excluding carboxylic acids is 1. The van der Waals surface area contributed by atoms with Gasteiger partial charge in [-0.05, 0) is 18.2 Å². The van der Waals surface area contributed by atoms with Gasteiger partial charge in [-0.3, -0.25) is 4.79 Å². The Bertz CT molecular complexity index is 1240. The van der Waals surface area contributed by atoms with Crippen LogP contribution in [0.1, 0.15) is 0 Å². The fourth-order valence-electron chi connectivity index (χ4n) is 3.18. The van der Waals surface area contributed by atoms with Crippen molar-refractivity contribution < 1.29 is 31.1 Å². The molecule has 0 unspecified atom stereocenters. The van der Waals surface area contributed by atoms with Gasteiger partial charge < -0.3 is 10.4 Å². The van der Waals surface area contributed by atoms with Crippen LogP contribution in [-0.2, 0) is 25.0 Å². The highest BCUT2D eigenvalue weighted by Crippen LogP contribution is 2.38. The van der Waals surface area contributed by atoms with Gasteiger partial charge in [0.05, 0.1) is 12.3 Å². The highest BCUT2D eigenvalue weighted by atomic mass is 32.2. The second kappa shape index (κ2) is 6.40. The van der Waals surface area contributed by atoms with Gasteiger partial charge in [-0.1, -0.05) is 0 Å². The lowest BCUT2D eigenvalue weighted by Gasteiger charge is -2.37. The number of anilines is 2. The minimum atomic E-state index is -4.32. The largest absolute Gasteiger partial charge is 0.506 e. The van der Waals surface area contributed by atoms with E-state index in [-0.39, 0.29) is 35.9 Å². The van der Waals surface area contributed by atoms with Crippen LogP contribution in [0.5, 0.6) is 5.75 Å². The number of fused-ring (bicyclic) bond motifs is 1. The molecule has 0 aliphatic carbocycles. The number of nitrogens with one attached hydrogen (secondary N) is 2. The smallest absolute Gasteiger partial charge is 0.326 e. The lowest BCUT2D eigenvalue weighted by molar-refractivity contribution is -0.117. The maximum atomic E-state index is 15.1. The zero-order valence-electron chi connectivity index (χ0n) is 15.0. The van der Waals surface area contributed by atoms with Crippen LogP contribution in [-0.4, -0.2) is 69.1 Å². The lowest BCUT2D eigenvalue weighted by Crippen LogP contribution is -2.56. The molecule has 156 valence electrons. The van der Waals surface area contributed by atoms with Crippen molar-refractivity contribution in [2.45, 2.75) is 6.04 Å². The molecule has 1 aromatic heterocycles. The average molecular weight is 445 g/mol. The van der Waals surface area contributed by atoms with Crippen LogP contribution in [0, 0.1) is 5.82 Å². The van der Waals surface area contributed by atoms with Crippen LogP contribution in [0.3, 0.4) is 0 Å². The molecule has 1 amide bonds. The Morgan fingerprint density at radius 2 is 2.03 bits per heavy atom. The van der Waals surface area contributed by atoms with Crippen molar-refractivity contribution in [2.24, 2.45) is 0 Å². The molecule has 3 N–H and O–H groups in total. The summed E-state index contributed by atoms with van der Waals surface area (Å²) in [5, 5.41) is 13.3. The zero-order valence-corrected chi connectivity index (χ0v) is 16.6. The highest BCUT2D eigenvalue weighted by Gasteiger charge is 2.38. The summed E-state index contributed by atoms with van der Waals surface area (Å²) in [6.07, 6.45) is 1.10. The van der Waals surface area contributed by atoms with E-state index in [1.165, 1.54) is 16.4 Å². The number of pyridine rings is 1. The first-order valence-electron chi connectivity index (χ1n) is 8.33. The number of hydrogen-bond acceptors (Lipinski definition) is 8. The van der Waals surface area contributed by atoms with Crippen LogP contribution in [0.4, 0.5) is 15.9 Å². The minimum Gasteiger partial charge on any atom is -0.506 e. The monoisotopic (exact) mass is 445 g/mol. The van der Waals surface area contributed by atoms with E-state index in [1.807, 2.05) is 0 Å². The summed E-state index contributed by atoms with van der Waals surface area (Å²) in [5.74, 6) is -2.35. The lowest BCUT2D eigenvalue weighted by atomic mass is 10.1. The third-order valence-corrected chi connectivity index (χ3v) is 7.23. The molecule has 2 saturated heterocycles. The Morgan fingerprint density at radius 3 is 2.62 bits per heavy atom. The Morgan fingerprint density at radius 1 is 1.34 bits per heavy atom. The molecule has 11 nitrogen and oxygen atoms in total. The summed E-state index contributed by atoms with van der Waals surface area (Å²) in [4.78, 5) is 15.6. The Balaban J connectivity index is 1.67. The molecule has 14 heteroatoms. The molecule has 0 saturated carbocycles. The van der Waals surface area contributed by atoms with Gasteiger partial charge in [0, 0.05) is 18.5 Å². The first-order chi connectivity index (χ1) is 13.5. The molecule has 0 atom stereocenters. The summed E-state index contributed by atoms with van der Waals surface area (Å²) in [6.45, 7) is -0.191. The maximum Gasteiger partial charge on any atom is 0.326 e. The average Bonchev–Trinajstić information content (AvgIpc) is 2.82.